The molecule has 1 aliphatic carbocycles. The van der Waals surface area contributed by atoms with Gasteiger partial charge < -0.3 is 15.7 Å². The molecular formula is C21H22FN5OS. The molecule has 0 radical (unpaired) electrons. The number of benzene rings is 1. The highest BCUT2D eigenvalue weighted by molar-refractivity contribution is 7.15. The molecule has 0 bridgehead atoms. The highest BCUT2D eigenvalue weighted by Crippen LogP contribution is 2.42. The minimum Gasteiger partial charge on any atom is -0.383 e. The Kier molecular flexibility index (Phi) is 4.77. The normalized spacial score (nSPS) is 18.6. The highest BCUT2D eigenvalue weighted by Gasteiger charge is 2.36. The summed E-state index contributed by atoms with van der Waals surface area (Å²) in [6.45, 7) is 1.48. The van der Waals surface area contributed by atoms with Crippen LogP contribution in [0.1, 0.15) is 30.7 Å². The van der Waals surface area contributed by atoms with Gasteiger partial charge in [0.1, 0.15) is 16.4 Å². The van der Waals surface area contributed by atoms with Crippen LogP contribution < -0.4 is 10.6 Å². The Labute approximate surface area is 172 Å². The Hall–Kier alpha value is -2.42. The molecule has 3 heterocycles. The van der Waals surface area contributed by atoms with Gasteiger partial charge in [0.2, 0.25) is 5.95 Å². The Morgan fingerprint density at radius 1 is 1.17 bits per heavy atom. The Morgan fingerprint density at radius 3 is 2.76 bits per heavy atom. The summed E-state index contributed by atoms with van der Waals surface area (Å²) in [6, 6.07) is 8.68. The van der Waals surface area contributed by atoms with E-state index in [1.807, 2.05) is 12.1 Å². The predicted octanol–water partition coefficient (Wildman–Crippen LogP) is 3.55. The van der Waals surface area contributed by atoms with Crippen LogP contribution in [0, 0.1) is 5.82 Å². The molecule has 3 aromatic rings. The third kappa shape index (κ3) is 3.88. The molecular weight excluding hydrogens is 389 g/mol. The van der Waals surface area contributed by atoms with Gasteiger partial charge in [-0.05, 0) is 57.0 Å². The van der Waals surface area contributed by atoms with Crippen molar-refractivity contribution in [2.75, 3.05) is 18.4 Å². The van der Waals surface area contributed by atoms with Gasteiger partial charge in [0, 0.05) is 17.8 Å². The first-order valence-corrected chi connectivity index (χ1v) is 10.7. The van der Waals surface area contributed by atoms with Gasteiger partial charge in [-0.1, -0.05) is 12.1 Å². The molecule has 0 amide bonds. The molecule has 0 spiro atoms. The van der Waals surface area contributed by atoms with E-state index in [4.69, 9.17) is 4.98 Å². The largest absolute Gasteiger partial charge is 0.383 e. The van der Waals surface area contributed by atoms with Crippen molar-refractivity contribution in [3.8, 4) is 21.8 Å². The van der Waals surface area contributed by atoms with Crippen molar-refractivity contribution < 1.29 is 9.50 Å². The van der Waals surface area contributed by atoms with Gasteiger partial charge >= 0.3 is 0 Å². The van der Waals surface area contributed by atoms with Gasteiger partial charge in [-0.3, -0.25) is 0 Å². The summed E-state index contributed by atoms with van der Waals surface area (Å²) in [4.78, 5) is 14.6. The van der Waals surface area contributed by atoms with Gasteiger partial charge in [0.15, 0.2) is 0 Å². The van der Waals surface area contributed by atoms with Crippen LogP contribution in [0.4, 0.5) is 10.3 Å². The zero-order valence-electron chi connectivity index (χ0n) is 15.9. The second-order valence-electron chi connectivity index (χ2n) is 7.67. The maximum atomic E-state index is 13.9. The Bertz CT molecular complexity index is 1030. The first-order chi connectivity index (χ1) is 14.1. The van der Waals surface area contributed by atoms with Crippen molar-refractivity contribution in [3.05, 3.63) is 47.4 Å². The number of nitrogens with zero attached hydrogens (tertiary/aromatic N) is 3. The second-order valence-corrected chi connectivity index (χ2v) is 8.67. The maximum absolute atomic E-state index is 13.9. The van der Waals surface area contributed by atoms with Crippen molar-refractivity contribution >= 4 is 17.3 Å². The molecule has 29 heavy (non-hydrogen) atoms. The number of piperidine rings is 1. The molecule has 1 aromatic carbocycles. The van der Waals surface area contributed by atoms with Gasteiger partial charge in [-0.25, -0.2) is 19.3 Å². The van der Waals surface area contributed by atoms with Crippen LogP contribution in [0.2, 0.25) is 0 Å². The van der Waals surface area contributed by atoms with Crippen molar-refractivity contribution in [2.45, 2.75) is 37.3 Å². The van der Waals surface area contributed by atoms with E-state index in [2.05, 4.69) is 20.6 Å². The molecule has 3 N–H and O–H groups in total. The first kappa shape index (κ1) is 18.6. The zero-order valence-corrected chi connectivity index (χ0v) is 16.7. The molecule has 0 unspecified atom stereocenters. The van der Waals surface area contributed by atoms with Crippen LogP contribution in [0.5, 0.6) is 0 Å². The molecule has 150 valence electrons. The van der Waals surface area contributed by atoms with Crippen LogP contribution in [0.25, 0.3) is 21.8 Å². The minimum absolute atomic E-state index is 0.317. The van der Waals surface area contributed by atoms with Crippen LogP contribution in [0.3, 0.4) is 0 Å². The molecule has 1 aliphatic heterocycles. The van der Waals surface area contributed by atoms with Gasteiger partial charge in [0.05, 0.1) is 16.3 Å². The summed E-state index contributed by atoms with van der Waals surface area (Å²) in [5.41, 5.74) is 1.07. The van der Waals surface area contributed by atoms with Crippen molar-refractivity contribution in [1.82, 2.24) is 20.3 Å². The molecule has 1 saturated carbocycles. The molecule has 5 rings (SSSR count). The second kappa shape index (κ2) is 7.44. The Morgan fingerprint density at radius 2 is 2.00 bits per heavy atom. The number of anilines is 1. The molecule has 2 aliphatic rings. The summed E-state index contributed by atoms with van der Waals surface area (Å²) in [6.07, 6.45) is 5.18. The van der Waals surface area contributed by atoms with Crippen LogP contribution in [-0.4, -0.2) is 39.2 Å². The lowest BCUT2D eigenvalue weighted by molar-refractivity contribution is 0.00582. The summed E-state index contributed by atoms with van der Waals surface area (Å²) in [7, 11) is 0. The summed E-state index contributed by atoms with van der Waals surface area (Å²) < 4.78 is 13.9. The third-order valence-electron chi connectivity index (χ3n) is 5.35. The molecule has 6 nitrogen and oxygen atoms in total. The van der Waals surface area contributed by atoms with Crippen molar-refractivity contribution in [1.29, 1.82) is 0 Å². The summed E-state index contributed by atoms with van der Waals surface area (Å²) in [5, 5.41) is 18.4. The highest BCUT2D eigenvalue weighted by atomic mass is 32.1. The zero-order chi connectivity index (χ0) is 19.8. The smallest absolute Gasteiger partial charge is 0.223 e. The van der Waals surface area contributed by atoms with E-state index in [9.17, 15) is 9.50 Å². The standard InChI is InChI=1S/C21H22FN5OS/c22-14-3-1-2-13(12-14)17-18(16-6-9-24-20(26-16)25-15-4-5-15)29-19(27-17)21(28)7-10-23-11-8-21/h1-3,6,9,12,15,23,28H,4-5,7-8,10-11H2,(H,24,25,26). The van der Waals surface area contributed by atoms with Crippen LogP contribution in [-0.2, 0) is 5.60 Å². The van der Waals surface area contributed by atoms with Gasteiger partial charge in [0.25, 0.3) is 0 Å². The maximum Gasteiger partial charge on any atom is 0.223 e. The van der Waals surface area contributed by atoms with E-state index in [1.165, 1.54) is 23.5 Å². The lowest BCUT2D eigenvalue weighted by Crippen LogP contribution is -2.39. The van der Waals surface area contributed by atoms with E-state index in [0.29, 0.717) is 41.1 Å². The fourth-order valence-electron chi connectivity index (χ4n) is 3.54. The topological polar surface area (TPSA) is 83.0 Å². The number of aliphatic hydroxyl groups is 1. The van der Waals surface area contributed by atoms with E-state index >= 15 is 0 Å². The van der Waals surface area contributed by atoms with E-state index in [-0.39, 0.29) is 5.82 Å². The van der Waals surface area contributed by atoms with E-state index in [0.717, 1.165) is 36.5 Å². The van der Waals surface area contributed by atoms with E-state index < -0.39 is 5.60 Å². The minimum atomic E-state index is -0.974. The van der Waals surface area contributed by atoms with Gasteiger partial charge in [-0.2, -0.15) is 0 Å². The number of rotatable bonds is 5. The monoisotopic (exact) mass is 411 g/mol. The SMILES string of the molecule is OC1(c2nc(-c3cccc(F)c3)c(-c3ccnc(NC4CC4)n3)s2)CCNCC1. The summed E-state index contributed by atoms with van der Waals surface area (Å²) >= 11 is 1.43. The number of hydrogen-bond acceptors (Lipinski definition) is 7. The fraction of sp³-hybridized carbons (Fsp3) is 0.381. The molecule has 1 saturated heterocycles. The van der Waals surface area contributed by atoms with Crippen molar-refractivity contribution in [3.63, 3.8) is 0 Å². The number of halogens is 1. The van der Waals surface area contributed by atoms with Crippen LogP contribution in [0.15, 0.2) is 36.5 Å². The summed E-state index contributed by atoms with van der Waals surface area (Å²) in [5.74, 6) is 0.271. The average Bonchev–Trinajstić information content (AvgIpc) is 3.41. The molecule has 8 heteroatoms. The number of nitrogens with one attached hydrogen (secondary N) is 2. The first-order valence-electron chi connectivity index (χ1n) is 9.91. The number of thiazole rings is 1. The lowest BCUT2D eigenvalue weighted by Gasteiger charge is -2.30. The Balaban J connectivity index is 1.61. The lowest BCUT2D eigenvalue weighted by atomic mass is 9.93. The van der Waals surface area contributed by atoms with E-state index in [1.54, 1.807) is 12.3 Å². The molecule has 2 aromatic heterocycles. The molecule has 2 fully saturated rings. The number of aromatic nitrogens is 3. The van der Waals surface area contributed by atoms with Crippen LogP contribution >= 0.6 is 11.3 Å². The fourth-order valence-corrected chi connectivity index (χ4v) is 4.75. The predicted molar refractivity (Wildman–Crippen MR) is 111 cm³/mol. The van der Waals surface area contributed by atoms with Crippen molar-refractivity contribution in [2.24, 2.45) is 0 Å². The number of hydrogen-bond donors (Lipinski definition) is 3. The quantitative estimate of drug-likeness (QED) is 0.596. The average molecular weight is 412 g/mol. The van der Waals surface area contributed by atoms with Gasteiger partial charge in [-0.15, -0.1) is 11.3 Å². The third-order valence-corrected chi connectivity index (χ3v) is 6.62. The molecule has 0 atom stereocenters.